The Bertz CT molecular complexity index is 803. The SMILES string of the molecule is O=C1C(=O)N(C2(CF)CC2)CCN1Cc1cc(-c2cccnc2)on1. The van der Waals surface area contributed by atoms with Gasteiger partial charge in [0.1, 0.15) is 12.4 Å². The minimum absolute atomic E-state index is 0.185. The van der Waals surface area contributed by atoms with Crippen molar-refractivity contribution in [1.29, 1.82) is 0 Å². The minimum Gasteiger partial charge on any atom is -0.356 e. The molecule has 4 rings (SSSR count). The van der Waals surface area contributed by atoms with Gasteiger partial charge in [-0.2, -0.15) is 0 Å². The van der Waals surface area contributed by atoms with Gasteiger partial charge in [-0.05, 0) is 25.0 Å². The standard InChI is InChI=1S/C17H17FN4O3/c18-11-17(3-4-17)22-7-6-21(15(23)16(22)24)10-13-8-14(25-20-13)12-2-1-5-19-9-12/h1-2,5,8-9H,3-4,6-7,10-11H2. The van der Waals surface area contributed by atoms with Crippen molar-refractivity contribution in [2.45, 2.75) is 24.9 Å². The van der Waals surface area contributed by atoms with Crippen LogP contribution in [-0.4, -0.2) is 57.1 Å². The normalized spacial score (nSPS) is 19.4. The van der Waals surface area contributed by atoms with E-state index < -0.39 is 24.0 Å². The maximum atomic E-state index is 13.2. The van der Waals surface area contributed by atoms with E-state index in [1.165, 1.54) is 9.80 Å². The van der Waals surface area contributed by atoms with Crippen molar-refractivity contribution >= 4 is 11.8 Å². The number of nitrogens with zero attached hydrogens (tertiary/aromatic N) is 4. The average molecular weight is 344 g/mol. The number of alkyl halides is 1. The Kier molecular flexibility index (Phi) is 3.74. The first kappa shape index (κ1) is 15.7. The molecule has 3 heterocycles. The lowest BCUT2D eigenvalue weighted by molar-refractivity contribution is -0.159. The maximum absolute atomic E-state index is 13.2. The zero-order valence-electron chi connectivity index (χ0n) is 13.5. The molecule has 2 fully saturated rings. The van der Waals surface area contributed by atoms with Gasteiger partial charge in [-0.15, -0.1) is 0 Å². The largest absolute Gasteiger partial charge is 0.356 e. The molecule has 1 aliphatic carbocycles. The van der Waals surface area contributed by atoms with E-state index >= 15 is 0 Å². The number of rotatable bonds is 5. The van der Waals surface area contributed by atoms with Crippen LogP contribution >= 0.6 is 0 Å². The van der Waals surface area contributed by atoms with Crippen molar-refractivity contribution in [3.05, 3.63) is 36.3 Å². The van der Waals surface area contributed by atoms with Gasteiger partial charge in [0.2, 0.25) is 0 Å². The molecule has 0 unspecified atom stereocenters. The van der Waals surface area contributed by atoms with Crippen LogP contribution in [-0.2, 0) is 16.1 Å². The molecular formula is C17H17FN4O3. The lowest BCUT2D eigenvalue weighted by Crippen LogP contribution is -2.58. The van der Waals surface area contributed by atoms with E-state index in [9.17, 15) is 14.0 Å². The number of aromatic nitrogens is 2. The van der Waals surface area contributed by atoms with Crippen LogP contribution in [0, 0.1) is 0 Å². The first-order chi connectivity index (χ1) is 12.1. The van der Waals surface area contributed by atoms with Crippen LogP contribution in [0.1, 0.15) is 18.5 Å². The summed E-state index contributed by atoms with van der Waals surface area (Å²) in [5.74, 6) is -0.691. The van der Waals surface area contributed by atoms with Crippen LogP contribution in [0.3, 0.4) is 0 Å². The second kappa shape index (κ2) is 5.94. The molecule has 1 saturated heterocycles. The van der Waals surface area contributed by atoms with Crippen molar-refractivity contribution in [1.82, 2.24) is 19.9 Å². The zero-order valence-corrected chi connectivity index (χ0v) is 13.5. The summed E-state index contributed by atoms with van der Waals surface area (Å²) in [6, 6.07) is 5.36. The predicted octanol–water partition coefficient (Wildman–Crippen LogP) is 1.41. The van der Waals surface area contributed by atoms with Gasteiger partial charge in [0.25, 0.3) is 0 Å². The monoisotopic (exact) mass is 344 g/mol. The van der Waals surface area contributed by atoms with Gasteiger partial charge in [0, 0.05) is 37.1 Å². The summed E-state index contributed by atoms with van der Waals surface area (Å²) in [6.45, 7) is 0.303. The number of carbonyl (C=O) groups excluding carboxylic acids is 2. The Balaban J connectivity index is 1.45. The molecule has 8 heteroatoms. The molecule has 0 aromatic carbocycles. The van der Waals surface area contributed by atoms with Crippen molar-refractivity contribution in [2.24, 2.45) is 0 Å². The Morgan fingerprint density at radius 1 is 1.24 bits per heavy atom. The molecule has 0 bridgehead atoms. The Morgan fingerprint density at radius 2 is 2.08 bits per heavy atom. The Labute approximate surface area is 143 Å². The summed E-state index contributed by atoms with van der Waals surface area (Å²) in [5.41, 5.74) is 0.604. The predicted molar refractivity (Wildman–Crippen MR) is 84.8 cm³/mol. The summed E-state index contributed by atoms with van der Waals surface area (Å²) in [7, 11) is 0. The third-order valence-corrected chi connectivity index (χ3v) is 4.82. The van der Waals surface area contributed by atoms with Crippen molar-refractivity contribution in [3.63, 3.8) is 0 Å². The first-order valence-corrected chi connectivity index (χ1v) is 8.16. The molecule has 0 spiro atoms. The van der Waals surface area contributed by atoms with E-state index in [0.717, 1.165) is 5.56 Å². The van der Waals surface area contributed by atoms with Crippen LogP contribution in [0.4, 0.5) is 4.39 Å². The fraction of sp³-hybridized carbons (Fsp3) is 0.412. The van der Waals surface area contributed by atoms with E-state index in [1.807, 2.05) is 6.07 Å². The van der Waals surface area contributed by atoms with Crippen LogP contribution in [0.25, 0.3) is 11.3 Å². The highest BCUT2D eigenvalue weighted by atomic mass is 19.1. The fourth-order valence-electron chi connectivity index (χ4n) is 3.12. The second-order valence-corrected chi connectivity index (χ2v) is 6.47. The summed E-state index contributed by atoms with van der Waals surface area (Å²) < 4.78 is 18.5. The highest BCUT2D eigenvalue weighted by Crippen LogP contribution is 2.43. The molecule has 25 heavy (non-hydrogen) atoms. The molecule has 130 valence electrons. The molecule has 1 saturated carbocycles. The molecule has 7 nitrogen and oxygen atoms in total. The molecule has 2 aliphatic rings. The molecule has 0 atom stereocenters. The number of amides is 2. The highest BCUT2D eigenvalue weighted by Gasteiger charge is 2.53. The lowest BCUT2D eigenvalue weighted by atomic mass is 10.1. The number of hydrogen-bond acceptors (Lipinski definition) is 5. The van der Waals surface area contributed by atoms with Crippen LogP contribution in [0.15, 0.2) is 35.1 Å². The van der Waals surface area contributed by atoms with Crippen molar-refractivity contribution in [2.75, 3.05) is 19.8 Å². The summed E-state index contributed by atoms with van der Waals surface area (Å²) >= 11 is 0. The number of carbonyl (C=O) groups is 2. The molecular weight excluding hydrogens is 327 g/mol. The number of hydrogen-bond donors (Lipinski definition) is 0. The lowest BCUT2D eigenvalue weighted by Gasteiger charge is -2.37. The van der Waals surface area contributed by atoms with Gasteiger partial charge < -0.3 is 14.3 Å². The maximum Gasteiger partial charge on any atom is 0.312 e. The summed E-state index contributed by atoms with van der Waals surface area (Å²) in [4.78, 5) is 31.5. The van der Waals surface area contributed by atoms with Crippen molar-refractivity contribution in [3.8, 4) is 11.3 Å². The van der Waals surface area contributed by atoms with Gasteiger partial charge in [0.05, 0.1) is 12.1 Å². The Morgan fingerprint density at radius 3 is 2.76 bits per heavy atom. The molecule has 0 N–H and O–H groups in total. The average Bonchev–Trinajstić information content (AvgIpc) is 3.30. The zero-order chi connectivity index (χ0) is 17.4. The number of pyridine rings is 1. The first-order valence-electron chi connectivity index (χ1n) is 8.16. The molecule has 0 radical (unpaired) electrons. The summed E-state index contributed by atoms with van der Waals surface area (Å²) in [6.07, 6.45) is 4.57. The summed E-state index contributed by atoms with van der Waals surface area (Å²) in [5, 5.41) is 3.96. The van der Waals surface area contributed by atoms with Gasteiger partial charge >= 0.3 is 11.8 Å². The van der Waals surface area contributed by atoms with Crippen molar-refractivity contribution < 1.29 is 18.5 Å². The fourth-order valence-corrected chi connectivity index (χ4v) is 3.12. The third-order valence-electron chi connectivity index (χ3n) is 4.82. The molecule has 1 aliphatic heterocycles. The van der Waals surface area contributed by atoms with Crippen LogP contribution < -0.4 is 0 Å². The van der Waals surface area contributed by atoms with Gasteiger partial charge in [-0.25, -0.2) is 4.39 Å². The number of halogens is 1. The highest BCUT2D eigenvalue weighted by molar-refractivity contribution is 6.35. The Hall–Kier alpha value is -2.77. The van der Waals surface area contributed by atoms with Crippen LogP contribution in [0.5, 0.6) is 0 Å². The molecule has 2 aromatic rings. The smallest absolute Gasteiger partial charge is 0.312 e. The van der Waals surface area contributed by atoms with Crippen LogP contribution in [0.2, 0.25) is 0 Å². The van der Waals surface area contributed by atoms with Gasteiger partial charge in [-0.3, -0.25) is 14.6 Å². The molecule has 2 aromatic heterocycles. The topological polar surface area (TPSA) is 79.5 Å². The molecule has 2 amide bonds. The van der Waals surface area contributed by atoms with E-state index in [1.54, 1.807) is 24.5 Å². The quantitative estimate of drug-likeness (QED) is 0.766. The van der Waals surface area contributed by atoms with Gasteiger partial charge in [-0.1, -0.05) is 5.16 Å². The second-order valence-electron chi connectivity index (χ2n) is 6.47. The van der Waals surface area contributed by atoms with E-state index in [-0.39, 0.29) is 6.54 Å². The van der Waals surface area contributed by atoms with E-state index in [2.05, 4.69) is 10.1 Å². The van der Waals surface area contributed by atoms with E-state index in [0.29, 0.717) is 37.4 Å². The van der Waals surface area contributed by atoms with E-state index in [4.69, 9.17) is 4.52 Å². The van der Waals surface area contributed by atoms with Gasteiger partial charge in [0.15, 0.2) is 5.76 Å². The third kappa shape index (κ3) is 2.77. The number of piperazine rings is 1. The minimum atomic E-state index is -0.736.